The number of carbonyl (C=O) groups excluding carboxylic acids is 1. The Bertz CT molecular complexity index is 423. The number of halogens is 2. The number of ether oxygens (including phenoxy) is 1. The van der Waals surface area contributed by atoms with Crippen molar-refractivity contribution in [2.45, 2.75) is 39.3 Å². The van der Waals surface area contributed by atoms with Gasteiger partial charge in [-0.05, 0) is 54.4 Å². The van der Waals surface area contributed by atoms with E-state index in [1.165, 1.54) is 0 Å². The van der Waals surface area contributed by atoms with Crippen LogP contribution < -0.4 is 10.1 Å². The lowest BCUT2D eigenvalue weighted by Crippen LogP contribution is -2.41. The molecule has 1 rings (SSSR count). The highest BCUT2D eigenvalue weighted by atomic mass is 79.9. The summed E-state index contributed by atoms with van der Waals surface area (Å²) in [5, 5.41) is 2.89. The maximum Gasteiger partial charge on any atom is 0.260 e. The van der Waals surface area contributed by atoms with Crippen LogP contribution in [0.2, 0.25) is 0 Å². The second kappa shape index (κ2) is 7.14. The number of nitrogens with one attached hydrogen (secondary N) is 1. The smallest absolute Gasteiger partial charge is 0.260 e. The molecule has 0 aliphatic carbocycles. The van der Waals surface area contributed by atoms with E-state index in [0.717, 1.165) is 15.4 Å². The van der Waals surface area contributed by atoms with Crippen molar-refractivity contribution in [3.63, 3.8) is 0 Å². The van der Waals surface area contributed by atoms with Crippen molar-refractivity contribution < 1.29 is 9.53 Å². The summed E-state index contributed by atoms with van der Waals surface area (Å²) in [5.41, 5.74) is 0. The third-order valence-electron chi connectivity index (χ3n) is 2.57. The van der Waals surface area contributed by atoms with Gasteiger partial charge in [-0.1, -0.05) is 22.9 Å². The lowest BCUT2D eigenvalue weighted by molar-refractivity contribution is -0.127. The Labute approximate surface area is 125 Å². The van der Waals surface area contributed by atoms with Crippen LogP contribution in [-0.2, 0) is 4.79 Å². The zero-order chi connectivity index (χ0) is 13.7. The lowest BCUT2D eigenvalue weighted by Gasteiger charge is -2.18. The first kappa shape index (κ1) is 15.5. The van der Waals surface area contributed by atoms with Crippen LogP contribution in [0.15, 0.2) is 27.1 Å². The standard InChI is InChI=1S/C13H17Br2NO2/c1-4-8(2)16-13(17)9(3)18-12-6-5-10(14)7-11(12)15/h5-9H,4H2,1-3H3,(H,16,17)/t8-,9+/m0/s1. The van der Waals surface area contributed by atoms with Crippen molar-refractivity contribution >= 4 is 37.8 Å². The largest absolute Gasteiger partial charge is 0.480 e. The first-order valence-electron chi connectivity index (χ1n) is 5.86. The van der Waals surface area contributed by atoms with Crippen LogP contribution in [0.5, 0.6) is 5.75 Å². The summed E-state index contributed by atoms with van der Waals surface area (Å²) in [6.07, 6.45) is 0.386. The molecule has 0 bridgehead atoms. The van der Waals surface area contributed by atoms with E-state index in [1.807, 2.05) is 32.0 Å². The minimum absolute atomic E-state index is 0.0980. The molecule has 0 spiro atoms. The molecule has 5 heteroatoms. The van der Waals surface area contributed by atoms with Gasteiger partial charge in [0.1, 0.15) is 5.75 Å². The van der Waals surface area contributed by atoms with Crippen LogP contribution in [0.1, 0.15) is 27.2 Å². The molecule has 0 heterocycles. The van der Waals surface area contributed by atoms with Crippen molar-refractivity contribution in [3.8, 4) is 5.75 Å². The molecular weight excluding hydrogens is 362 g/mol. The number of benzene rings is 1. The molecule has 0 saturated heterocycles. The van der Waals surface area contributed by atoms with E-state index in [-0.39, 0.29) is 11.9 Å². The van der Waals surface area contributed by atoms with Crippen LogP contribution in [0.3, 0.4) is 0 Å². The fraction of sp³-hybridized carbons (Fsp3) is 0.462. The average Bonchev–Trinajstić information content (AvgIpc) is 2.32. The van der Waals surface area contributed by atoms with E-state index in [9.17, 15) is 4.79 Å². The maximum absolute atomic E-state index is 11.8. The van der Waals surface area contributed by atoms with Crippen molar-refractivity contribution in [1.82, 2.24) is 5.32 Å². The fourth-order valence-electron chi connectivity index (χ4n) is 1.28. The molecule has 0 saturated carbocycles. The van der Waals surface area contributed by atoms with Crippen LogP contribution in [0.4, 0.5) is 0 Å². The molecule has 0 fully saturated rings. The Hall–Kier alpha value is -0.550. The molecule has 0 unspecified atom stereocenters. The Balaban J connectivity index is 2.63. The Morgan fingerprint density at radius 2 is 2.06 bits per heavy atom. The third-order valence-corrected chi connectivity index (χ3v) is 3.68. The topological polar surface area (TPSA) is 38.3 Å². The highest BCUT2D eigenvalue weighted by Gasteiger charge is 2.17. The lowest BCUT2D eigenvalue weighted by atomic mass is 10.2. The molecule has 0 aromatic heterocycles. The summed E-state index contributed by atoms with van der Waals surface area (Å²) in [4.78, 5) is 11.8. The molecule has 2 atom stereocenters. The molecule has 18 heavy (non-hydrogen) atoms. The molecule has 1 N–H and O–H groups in total. The molecule has 0 radical (unpaired) electrons. The van der Waals surface area contributed by atoms with Gasteiger partial charge < -0.3 is 10.1 Å². The molecular formula is C13H17Br2NO2. The summed E-state index contributed by atoms with van der Waals surface area (Å²) < 4.78 is 7.40. The Morgan fingerprint density at radius 3 is 2.61 bits per heavy atom. The van der Waals surface area contributed by atoms with Gasteiger partial charge in [0.2, 0.25) is 0 Å². The first-order chi connectivity index (χ1) is 8.43. The van der Waals surface area contributed by atoms with Gasteiger partial charge in [-0.15, -0.1) is 0 Å². The summed E-state index contributed by atoms with van der Waals surface area (Å²) in [6.45, 7) is 5.74. The molecule has 3 nitrogen and oxygen atoms in total. The van der Waals surface area contributed by atoms with Gasteiger partial charge in [0.25, 0.3) is 5.91 Å². The first-order valence-corrected chi connectivity index (χ1v) is 7.44. The SMILES string of the molecule is CC[C@H](C)NC(=O)[C@@H](C)Oc1ccc(Br)cc1Br. The Morgan fingerprint density at radius 1 is 1.39 bits per heavy atom. The number of rotatable bonds is 5. The summed E-state index contributed by atoms with van der Waals surface area (Å²) in [7, 11) is 0. The number of hydrogen-bond donors (Lipinski definition) is 1. The summed E-state index contributed by atoms with van der Waals surface area (Å²) >= 11 is 6.77. The van der Waals surface area contributed by atoms with Gasteiger partial charge in [-0.3, -0.25) is 4.79 Å². The fourth-order valence-corrected chi connectivity index (χ4v) is 2.42. The van der Waals surface area contributed by atoms with Crippen LogP contribution >= 0.6 is 31.9 Å². The molecule has 0 aliphatic rings. The second-order valence-electron chi connectivity index (χ2n) is 4.15. The average molecular weight is 379 g/mol. The van der Waals surface area contributed by atoms with E-state index in [0.29, 0.717) is 5.75 Å². The van der Waals surface area contributed by atoms with Crippen molar-refractivity contribution in [2.24, 2.45) is 0 Å². The van der Waals surface area contributed by atoms with Crippen molar-refractivity contribution in [3.05, 3.63) is 27.1 Å². The number of amides is 1. The minimum atomic E-state index is -0.517. The molecule has 1 aromatic rings. The highest BCUT2D eigenvalue weighted by molar-refractivity contribution is 9.11. The monoisotopic (exact) mass is 377 g/mol. The van der Waals surface area contributed by atoms with E-state index >= 15 is 0 Å². The van der Waals surface area contributed by atoms with E-state index in [4.69, 9.17) is 4.74 Å². The predicted octanol–water partition coefficient (Wildman–Crippen LogP) is 3.89. The quantitative estimate of drug-likeness (QED) is 0.843. The maximum atomic E-state index is 11.8. The Kier molecular flexibility index (Phi) is 6.15. The number of hydrogen-bond acceptors (Lipinski definition) is 2. The third kappa shape index (κ3) is 4.61. The zero-order valence-electron chi connectivity index (χ0n) is 10.7. The molecule has 1 amide bonds. The van der Waals surface area contributed by atoms with Crippen LogP contribution in [0, 0.1) is 0 Å². The van der Waals surface area contributed by atoms with Gasteiger partial charge in [0.05, 0.1) is 4.47 Å². The highest BCUT2D eigenvalue weighted by Crippen LogP contribution is 2.28. The normalized spacial score (nSPS) is 13.8. The number of carbonyl (C=O) groups is 1. The van der Waals surface area contributed by atoms with Gasteiger partial charge in [-0.25, -0.2) is 0 Å². The zero-order valence-corrected chi connectivity index (χ0v) is 13.8. The minimum Gasteiger partial charge on any atom is -0.480 e. The van der Waals surface area contributed by atoms with Crippen LogP contribution in [-0.4, -0.2) is 18.1 Å². The van der Waals surface area contributed by atoms with E-state index < -0.39 is 6.10 Å². The summed E-state index contributed by atoms with van der Waals surface area (Å²) in [6, 6.07) is 5.74. The van der Waals surface area contributed by atoms with Crippen molar-refractivity contribution in [1.29, 1.82) is 0 Å². The van der Waals surface area contributed by atoms with E-state index in [1.54, 1.807) is 6.92 Å². The molecule has 0 aliphatic heterocycles. The predicted molar refractivity (Wildman–Crippen MR) is 79.8 cm³/mol. The second-order valence-corrected chi connectivity index (χ2v) is 5.92. The van der Waals surface area contributed by atoms with Crippen molar-refractivity contribution in [2.75, 3.05) is 0 Å². The van der Waals surface area contributed by atoms with Gasteiger partial charge >= 0.3 is 0 Å². The summed E-state index contributed by atoms with van der Waals surface area (Å²) in [5.74, 6) is 0.559. The van der Waals surface area contributed by atoms with E-state index in [2.05, 4.69) is 37.2 Å². The van der Waals surface area contributed by atoms with Crippen LogP contribution in [0.25, 0.3) is 0 Å². The molecule has 1 aromatic carbocycles. The molecule has 100 valence electrons. The van der Waals surface area contributed by atoms with Gasteiger partial charge in [0.15, 0.2) is 6.10 Å². The van der Waals surface area contributed by atoms with Gasteiger partial charge in [0, 0.05) is 10.5 Å². The van der Waals surface area contributed by atoms with Gasteiger partial charge in [-0.2, -0.15) is 0 Å².